The maximum atomic E-state index is 10.6. The van der Waals surface area contributed by atoms with Crippen molar-refractivity contribution in [3.05, 3.63) is 0 Å². The highest BCUT2D eigenvalue weighted by Gasteiger charge is 2.44. The van der Waals surface area contributed by atoms with E-state index in [0.29, 0.717) is 5.92 Å². The van der Waals surface area contributed by atoms with Crippen molar-refractivity contribution in [3.8, 4) is 0 Å². The van der Waals surface area contributed by atoms with E-state index in [1.807, 2.05) is 0 Å². The van der Waals surface area contributed by atoms with E-state index in [0.717, 1.165) is 19.5 Å². The molecule has 0 bridgehead atoms. The van der Waals surface area contributed by atoms with Crippen LogP contribution in [0.25, 0.3) is 0 Å². The Labute approximate surface area is 101 Å². The summed E-state index contributed by atoms with van der Waals surface area (Å²) in [6.07, 6.45) is 5.73. The predicted molar refractivity (Wildman–Crippen MR) is 69.6 cm³/mol. The fourth-order valence-electron chi connectivity index (χ4n) is 3.37. The van der Waals surface area contributed by atoms with Crippen LogP contribution in [0, 0.1) is 5.92 Å². The lowest BCUT2D eigenvalue weighted by atomic mass is 9.83. The predicted octanol–water partition coefficient (Wildman–Crippen LogP) is 3.05. The summed E-state index contributed by atoms with van der Waals surface area (Å²) < 4.78 is 0. The Kier molecular flexibility index (Phi) is 5.26. The highest BCUT2D eigenvalue weighted by atomic mass is 16.3. The van der Waals surface area contributed by atoms with Gasteiger partial charge < -0.3 is 5.11 Å². The average Bonchev–Trinajstić information content (AvgIpc) is 2.69. The molecule has 0 aromatic carbocycles. The first-order chi connectivity index (χ1) is 7.56. The molecule has 0 aromatic rings. The minimum atomic E-state index is -0.144. The first kappa shape index (κ1) is 14.0. The maximum Gasteiger partial charge on any atom is 0.0726 e. The van der Waals surface area contributed by atoms with Gasteiger partial charge in [0.15, 0.2) is 0 Å². The Hall–Kier alpha value is -0.0800. The fourth-order valence-corrected chi connectivity index (χ4v) is 3.37. The Morgan fingerprint density at radius 2 is 1.62 bits per heavy atom. The molecule has 96 valence electrons. The van der Waals surface area contributed by atoms with E-state index in [4.69, 9.17) is 0 Å². The summed E-state index contributed by atoms with van der Waals surface area (Å²) in [5, 5.41) is 10.6. The first-order valence-electron chi connectivity index (χ1n) is 7.00. The van der Waals surface area contributed by atoms with Crippen molar-refractivity contribution in [1.29, 1.82) is 0 Å². The zero-order valence-electron chi connectivity index (χ0n) is 11.5. The topological polar surface area (TPSA) is 23.5 Å². The van der Waals surface area contributed by atoms with Gasteiger partial charge >= 0.3 is 0 Å². The van der Waals surface area contributed by atoms with E-state index >= 15 is 0 Å². The quantitative estimate of drug-likeness (QED) is 0.754. The van der Waals surface area contributed by atoms with Crippen LogP contribution in [0.2, 0.25) is 0 Å². The van der Waals surface area contributed by atoms with Crippen LogP contribution in [-0.4, -0.2) is 34.7 Å². The molecule has 0 saturated heterocycles. The van der Waals surface area contributed by atoms with E-state index in [2.05, 4.69) is 32.6 Å². The molecule has 0 aliphatic heterocycles. The molecular formula is C14H29NO. The number of rotatable bonds is 6. The Balaban J connectivity index is 2.78. The number of hydrogen-bond acceptors (Lipinski definition) is 2. The van der Waals surface area contributed by atoms with Crippen LogP contribution in [0.15, 0.2) is 0 Å². The summed E-state index contributed by atoms with van der Waals surface area (Å²) in [4.78, 5) is 2.49. The molecule has 1 fully saturated rings. The van der Waals surface area contributed by atoms with Crippen LogP contribution in [0.4, 0.5) is 0 Å². The third kappa shape index (κ3) is 2.78. The second-order valence-corrected chi connectivity index (χ2v) is 5.63. The van der Waals surface area contributed by atoms with Gasteiger partial charge in [0.1, 0.15) is 0 Å². The second-order valence-electron chi connectivity index (χ2n) is 5.63. The summed E-state index contributed by atoms with van der Waals surface area (Å²) in [5.74, 6) is 0.586. The van der Waals surface area contributed by atoms with Gasteiger partial charge in [-0.25, -0.2) is 0 Å². The summed E-state index contributed by atoms with van der Waals surface area (Å²) in [6, 6.07) is 0. The van der Waals surface area contributed by atoms with Crippen LogP contribution >= 0.6 is 0 Å². The van der Waals surface area contributed by atoms with Crippen molar-refractivity contribution < 1.29 is 5.11 Å². The zero-order valence-corrected chi connectivity index (χ0v) is 11.5. The first-order valence-corrected chi connectivity index (χ1v) is 7.00. The second kappa shape index (κ2) is 6.02. The van der Waals surface area contributed by atoms with Crippen LogP contribution < -0.4 is 0 Å². The molecule has 0 spiro atoms. The largest absolute Gasteiger partial charge is 0.391 e. The number of nitrogens with zero attached hydrogens (tertiary/aromatic N) is 1. The minimum Gasteiger partial charge on any atom is -0.391 e. The van der Waals surface area contributed by atoms with Crippen molar-refractivity contribution in [2.75, 3.05) is 13.1 Å². The molecule has 2 heteroatoms. The van der Waals surface area contributed by atoms with Gasteiger partial charge in [-0.2, -0.15) is 0 Å². The lowest BCUT2D eigenvalue weighted by molar-refractivity contribution is -0.0346. The fraction of sp³-hybridized carbons (Fsp3) is 1.00. The van der Waals surface area contributed by atoms with Gasteiger partial charge in [-0.1, -0.05) is 40.5 Å². The minimum absolute atomic E-state index is 0.0910. The SMILES string of the molecule is CCN(CC)C1(C(O)CC(C)C)CCCC1. The molecule has 1 atom stereocenters. The zero-order chi connectivity index (χ0) is 12.2. The van der Waals surface area contributed by atoms with Crippen molar-refractivity contribution in [3.63, 3.8) is 0 Å². The Bertz CT molecular complexity index is 193. The van der Waals surface area contributed by atoms with Gasteiger partial charge in [-0.3, -0.25) is 4.90 Å². The molecule has 1 rings (SSSR count). The standard InChI is InChI=1S/C14H29NO/c1-5-15(6-2)14(9-7-8-10-14)13(16)11-12(3)4/h12-13,16H,5-11H2,1-4H3. The van der Waals surface area contributed by atoms with Crippen molar-refractivity contribution in [2.45, 2.75) is 71.4 Å². The summed E-state index contributed by atoms with van der Waals surface area (Å²) in [7, 11) is 0. The van der Waals surface area contributed by atoms with E-state index in [-0.39, 0.29) is 11.6 Å². The average molecular weight is 227 g/mol. The molecule has 1 aliphatic carbocycles. The number of hydrogen-bond donors (Lipinski definition) is 1. The maximum absolute atomic E-state index is 10.6. The molecule has 1 unspecified atom stereocenters. The molecule has 0 heterocycles. The highest BCUT2D eigenvalue weighted by molar-refractivity contribution is 5.00. The molecule has 1 aliphatic rings. The van der Waals surface area contributed by atoms with Gasteiger partial charge in [0.05, 0.1) is 6.10 Å². The van der Waals surface area contributed by atoms with Gasteiger partial charge in [-0.05, 0) is 38.3 Å². The monoisotopic (exact) mass is 227 g/mol. The summed E-state index contributed by atoms with van der Waals surface area (Å²) in [6.45, 7) is 11.0. The normalized spacial score (nSPS) is 21.9. The summed E-state index contributed by atoms with van der Waals surface area (Å²) in [5.41, 5.74) is 0.0910. The third-order valence-electron chi connectivity index (χ3n) is 4.18. The van der Waals surface area contributed by atoms with Gasteiger partial charge in [0, 0.05) is 5.54 Å². The van der Waals surface area contributed by atoms with Crippen molar-refractivity contribution in [2.24, 2.45) is 5.92 Å². The number of aliphatic hydroxyl groups excluding tert-OH is 1. The lowest BCUT2D eigenvalue weighted by Gasteiger charge is -2.44. The van der Waals surface area contributed by atoms with E-state index in [1.54, 1.807) is 0 Å². The van der Waals surface area contributed by atoms with Gasteiger partial charge in [-0.15, -0.1) is 0 Å². The van der Waals surface area contributed by atoms with Crippen LogP contribution in [0.1, 0.15) is 59.8 Å². The van der Waals surface area contributed by atoms with Gasteiger partial charge in [0.2, 0.25) is 0 Å². The lowest BCUT2D eigenvalue weighted by Crippen LogP contribution is -2.55. The van der Waals surface area contributed by atoms with E-state index < -0.39 is 0 Å². The number of aliphatic hydroxyl groups is 1. The van der Waals surface area contributed by atoms with E-state index in [1.165, 1.54) is 25.7 Å². The van der Waals surface area contributed by atoms with Crippen molar-refractivity contribution >= 4 is 0 Å². The van der Waals surface area contributed by atoms with E-state index in [9.17, 15) is 5.11 Å². The Morgan fingerprint density at radius 3 is 2.00 bits per heavy atom. The van der Waals surface area contributed by atoms with Crippen molar-refractivity contribution in [1.82, 2.24) is 4.90 Å². The van der Waals surface area contributed by atoms with Crippen LogP contribution in [0.3, 0.4) is 0 Å². The van der Waals surface area contributed by atoms with Crippen LogP contribution in [0.5, 0.6) is 0 Å². The molecule has 2 nitrogen and oxygen atoms in total. The molecule has 1 N–H and O–H groups in total. The molecule has 0 aromatic heterocycles. The molecule has 16 heavy (non-hydrogen) atoms. The molecule has 0 amide bonds. The highest BCUT2D eigenvalue weighted by Crippen LogP contribution is 2.39. The molecular weight excluding hydrogens is 198 g/mol. The summed E-state index contributed by atoms with van der Waals surface area (Å²) >= 11 is 0. The molecule has 1 saturated carbocycles. The van der Waals surface area contributed by atoms with Crippen LogP contribution in [-0.2, 0) is 0 Å². The number of likely N-dealkylation sites (N-methyl/N-ethyl adjacent to an activating group) is 1. The smallest absolute Gasteiger partial charge is 0.0726 e. The Morgan fingerprint density at radius 1 is 1.12 bits per heavy atom. The van der Waals surface area contributed by atoms with Gasteiger partial charge in [0.25, 0.3) is 0 Å². The molecule has 0 radical (unpaired) electrons. The third-order valence-corrected chi connectivity index (χ3v) is 4.18.